The van der Waals surface area contributed by atoms with Crippen LogP contribution in [-0.4, -0.2) is 30.1 Å². The third kappa shape index (κ3) is 3.48. The van der Waals surface area contributed by atoms with Crippen LogP contribution in [0.15, 0.2) is 48.2 Å². The second-order valence-electron chi connectivity index (χ2n) is 6.18. The lowest BCUT2D eigenvalue weighted by Gasteiger charge is -2.18. The molecule has 140 valence electrons. The molecule has 2 aromatic rings. The highest BCUT2D eigenvalue weighted by Gasteiger charge is 2.41. The van der Waals surface area contributed by atoms with Crippen molar-refractivity contribution < 1.29 is 24.2 Å². The summed E-state index contributed by atoms with van der Waals surface area (Å²) in [4.78, 5) is 26.3. The molecule has 0 unspecified atom stereocenters. The molecule has 2 aromatic carbocycles. The fraction of sp³-hybridized carbons (Fsp3) is 0.200. The van der Waals surface area contributed by atoms with Gasteiger partial charge in [0, 0.05) is 5.02 Å². The van der Waals surface area contributed by atoms with Crippen LogP contribution in [0, 0.1) is 0 Å². The van der Waals surface area contributed by atoms with E-state index in [1.807, 2.05) is 13.8 Å². The molecular formula is C20H18ClNO5. The van der Waals surface area contributed by atoms with E-state index in [4.69, 9.17) is 21.1 Å². The fourth-order valence-electron chi connectivity index (χ4n) is 2.81. The number of carbonyl (C=O) groups excluding carboxylic acids is 2. The van der Waals surface area contributed by atoms with E-state index < -0.39 is 17.6 Å². The Morgan fingerprint density at radius 3 is 2.30 bits per heavy atom. The number of nitrogens with zero attached hydrogens (tertiary/aromatic N) is 1. The molecule has 0 atom stereocenters. The molecule has 0 bridgehead atoms. The minimum atomic E-state index is -0.835. The Morgan fingerprint density at radius 1 is 1.04 bits per heavy atom. The van der Waals surface area contributed by atoms with E-state index in [0.29, 0.717) is 16.3 Å². The van der Waals surface area contributed by atoms with Crippen LogP contribution < -0.4 is 14.4 Å². The van der Waals surface area contributed by atoms with Crippen molar-refractivity contribution in [3.05, 3.63) is 58.8 Å². The van der Waals surface area contributed by atoms with E-state index in [2.05, 4.69) is 0 Å². The maximum absolute atomic E-state index is 12.9. The molecule has 0 aliphatic carbocycles. The maximum Gasteiger partial charge on any atom is 0.301 e. The molecule has 2 amide bonds. The maximum atomic E-state index is 12.9. The van der Waals surface area contributed by atoms with Crippen LogP contribution in [0.1, 0.15) is 19.4 Å². The number of rotatable bonds is 5. The zero-order valence-corrected chi connectivity index (χ0v) is 15.8. The van der Waals surface area contributed by atoms with E-state index in [1.165, 1.54) is 13.2 Å². The van der Waals surface area contributed by atoms with Gasteiger partial charge in [0.25, 0.3) is 5.91 Å². The van der Waals surface area contributed by atoms with Gasteiger partial charge in [-0.25, -0.2) is 4.90 Å². The van der Waals surface area contributed by atoms with Crippen molar-refractivity contribution in [1.82, 2.24) is 0 Å². The van der Waals surface area contributed by atoms with Crippen molar-refractivity contribution >= 4 is 34.7 Å². The third-order valence-corrected chi connectivity index (χ3v) is 4.19. The molecular weight excluding hydrogens is 370 g/mol. The van der Waals surface area contributed by atoms with Crippen molar-refractivity contribution in [2.24, 2.45) is 0 Å². The van der Waals surface area contributed by atoms with Gasteiger partial charge in [0.05, 0.1) is 24.5 Å². The first kappa shape index (κ1) is 18.8. The van der Waals surface area contributed by atoms with Crippen molar-refractivity contribution in [2.75, 3.05) is 12.0 Å². The van der Waals surface area contributed by atoms with Gasteiger partial charge in [-0.05, 0) is 49.7 Å². The molecule has 0 aromatic heterocycles. The summed E-state index contributed by atoms with van der Waals surface area (Å²) in [5.74, 6) is -1.21. The van der Waals surface area contributed by atoms with Gasteiger partial charge in [-0.15, -0.1) is 0 Å². The summed E-state index contributed by atoms with van der Waals surface area (Å²) >= 11 is 6.00. The van der Waals surface area contributed by atoms with Crippen molar-refractivity contribution in [3.63, 3.8) is 0 Å². The molecule has 0 radical (unpaired) electrons. The SMILES string of the molecule is COc1ccc(Cl)cc1N1C(=O)C(O)=C(c2ccc(OC(C)C)cc2)C1=O. The molecule has 0 saturated carbocycles. The second-order valence-corrected chi connectivity index (χ2v) is 6.61. The van der Waals surface area contributed by atoms with E-state index in [0.717, 1.165) is 4.90 Å². The van der Waals surface area contributed by atoms with Gasteiger partial charge in [0.15, 0.2) is 5.76 Å². The van der Waals surface area contributed by atoms with Gasteiger partial charge in [-0.3, -0.25) is 9.59 Å². The molecule has 7 heteroatoms. The summed E-state index contributed by atoms with van der Waals surface area (Å²) in [6.07, 6.45) is 0.00365. The van der Waals surface area contributed by atoms with Gasteiger partial charge >= 0.3 is 5.91 Å². The molecule has 3 rings (SSSR count). The highest BCUT2D eigenvalue weighted by Crippen LogP contribution is 2.38. The van der Waals surface area contributed by atoms with E-state index in [9.17, 15) is 14.7 Å². The molecule has 1 aliphatic heterocycles. The number of hydrogen-bond donors (Lipinski definition) is 1. The van der Waals surface area contributed by atoms with Crippen LogP contribution in [0.25, 0.3) is 5.57 Å². The van der Waals surface area contributed by atoms with E-state index >= 15 is 0 Å². The van der Waals surface area contributed by atoms with E-state index in [1.54, 1.807) is 36.4 Å². The number of ether oxygens (including phenoxy) is 2. The van der Waals surface area contributed by atoms with Crippen LogP contribution in [-0.2, 0) is 9.59 Å². The smallest absolute Gasteiger partial charge is 0.301 e. The predicted octanol–water partition coefficient (Wildman–Crippen LogP) is 3.98. The van der Waals surface area contributed by atoms with Gasteiger partial charge in [-0.1, -0.05) is 23.7 Å². The lowest BCUT2D eigenvalue weighted by molar-refractivity contribution is -0.121. The number of benzene rings is 2. The standard InChI is InChI=1S/C20H18ClNO5/c1-11(2)27-14-7-4-12(5-8-14)17-18(23)20(25)22(19(17)24)15-10-13(21)6-9-16(15)26-3/h4-11,23H,1-3H3. The minimum Gasteiger partial charge on any atom is -0.502 e. The first-order valence-corrected chi connectivity index (χ1v) is 8.64. The number of hydrogen-bond acceptors (Lipinski definition) is 5. The normalized spacial score (nSPS) is 14.3. The third-order valence-electron chi connectivity index (χ3n) is 3.96. The Hall–Kier alpha value is -2.99. The number of aliphatic hydroxyl groups is 1. The average molecular weight is 388 g/mol. The zero-order chi connectivity index (χ0) is 19.7. The van der Waals surface area contributed by atoms with Crippen molar-refractivity contribution in [1.29, 1.82) is 0 Å². The summed E-state index contributed by atoms with van der Waals surface area (Å²) in [6.45, 7) is 3.80. The lowest BCUT2D eigenvalue weighted by atomic mass is 10.1. The number of aliphatic hydroxyl groups excluding tert-OH is 1. The molecule has 6 nitrogen and oxygen atoms in total. The summed E-state index contributed by atoms with van der Waals surface area (Å²) in [7, 11) is 1.42. The molecule has 0 fully saturated rings. The van der Waals surface area contributed by atoms with E-state index in [-0.39, 0.29) is 23.1 Å². The number of anilines is 1. The Bertz CT molecular complexity index is 934. The number of methoxy groups -OCH3 is 1. The highest BCUT2D eigenvalue weighted by atomic mass is 35.5. The Morgan fingerprint density at radius 2 is 1.70 bits per heavy atom. The first-order valence-electron chi connectivity index (χ1n) is 8.26. The fourth-order valence-corrected chi connectivity index (χ4v) is 2.97. The van der Waals surface area contributed by atoms with Gasteiger partial charge in [0.2, 0.25) is 0 Å². The summed E-state index contributed by atoms with van der Waals surface area (Å²) in [5, 5.41) is 10.7. The Balaban J connectivity index is 1.99. The lowest BCUT2D eigenvalue weighted by Crippen LogP contribution is -2.31. The quantitative estimate of drug-likeness (QED) is 0.785. The molecule has 27 heavy (non-hydrogen) atoms. The molecule has 0 saturated heterocycles. The largest absolute Gasteiger partial charge is 0.502 e. The van der Waals surface area contributed by atoms with Crippen molar-refractivity contribution in [2.45, 2.75) is 20.0 Å². The van der Waals surface area contributed by atoms with Crippen LogP contribution in [0.5, 0.6) is 11.5 Å². The summed E-state index contributed by atoms with van der Waals surface area (Å²) in [6, 6.07) is 11.2. The monoisotopic (exact) mass is 387 g/mol. The summed E-state index contributed by atoms with van der Waals surface area (Å²) < 4.78 is 10.8. The number of carbonyl (C=O) groups is 2. The van der Waals surface area contributed by atoms with Gasteiger partial charge in [0.1, 0.15) is 11.5 Å². The Kier molecular flexibility index (Phi) is 5.10. The highest BCUT2D eigenvalue weighted by molar-refractivity contribution is 6.45. The predicted molar refractivity (Wildman–Crippen MR) is 102 cm³/mol. The number of imide groups is 1. The summed E-state index contributed by atoms with van der Waals surface area (Å²) in [5.41, 5.74) is 0.491. The first-order chi connectivity index (χ1) is 12.8. The number of amides is 2. The topological polar surface area (TPSA) is 76.1 Å². The van der Waals surface area contributed by atoms with Gasteiger partial charge in [-0.2, -0.15) is 0 Å². The molecule has 1 aliphatic rings. The second kappa shape index (κ2) is 7.32. The molecule has 0 spiro atoms. The van der Waals surface area contributed by atoms with Crippen LogP contribution >= 0.6 is 11.6 Å². The van der Waals surface area contributed by atoms with Gasteiger partial charge < -0.3 is 14.6 Å². The average Bonchev–Trinajstić information content (AvgIpc) is 2.84. The zero-order valence-electron chi connectivity index (χ0n) is 15.0. The number of halogens is 1. The molecule has 1 heterocycles. The van der Waals surface area contributed by atoms with Crippen molar-refractivity contribution in [3.8, 4) is 11.5 Å². The van der Waals surface area contributed by atoms with Crippen LogP contribution in [0.2, 0.25) is 5.02 Å². The Labute approximate surface area is 161 Å². The minimum absolute atomic E-state index is 0.00365. The van der Waals surface area contributed by atoms with Crippen LogP contribution in [0.3, 0.4) is 0 Å². The van der Waals surface area contributed by atoms with Crippen LogP contribution in [0.4, 0.5) is 5.69 Å². The molecule has 1 N–H and O–H groups in total.